The molecule has 6 nitrogen and oxygen atoms in total. The van der Waals surface area contributed by atoms with Crippen molar-refractivity contribution < 1.29 is 14.4 Å². The van der Waals surface area contributed by atoms with Gasteiger partial charge in [0.05, 0.1) is 12.3 Å². The molecule has 0 aliphatic rings. The molecule has 0 aliphatic heterocycles. The lowest BCUT2D eigenvalue weighted by molar-refractivity contribution is -0.131. The van der Waals surface area contributed by atoms with Crippen LogP contribution in [0.5, 0.6) is 0 Å². The molecule has 0 unspecified atom stereocenters. The highest BCUT2D eigenvalue weighted by Gasteiger charge is 2.15. The second-order valence-electron chi connectivity index (χ2n) is 6.56. The summed E-state index contributed by atoms with van der Waals surface area (Å²) in [5.41, 5.74) is 3.48. The van der Waals surface area contributed by atoms with Crippen molar-refractivity contribution in [1.82, 2.24) is 4.90 Å². The summed E-state index contributed by atoms with van der Waals surface area (Å²) in [7, 11) is 1.62. The van der Waals surface area contributed by atoms with E-state index >= 15 is 0 Å². The van der Waals surface area contributed by atoms with E-state index in [2.05, 4.69) is 10.6 Å². The van der Waals surface area contributed by atoms with Gasteiger partial charge in [0.2, 0.25) is 17.7 Å². The standard InChI is InChI=1S/C21H25N3O3S/c1-14-6-5-7-15(2)21(14)23-19(26)12-24(4)20(27)13-28-18-10-8-17(9-11-18)22-16(3)25/h5-11H,12-13H2,1-4H3,(H,22,25)(H,23,26). The van der Waals surface area contributed by atoms with Crippen molar-refractivity contribution in [1.29, 1.82) is 0 Å². The fourth-order valence-corrected chi connectivity index (χ4v) is 3.43. The molecule has 2 rings (SSSR count). The number of benzene rings is 2. The van der Waals surface area contributed by atoms with Gasteiger partial charge in [-0.05, 0) is 49.2 Å². The molecular formula is C21H25N3O3S. The molecule has 0 fully saturated rings. The first-order valence-electron chi connectivity index (χ1n) is 8.86. The molecule has 0 saturated carbocycles. The number of para-hydroxylation sites is 1. The number of carbonyl (C=O) groups excluding carboxylic acids is 3. The summed E-state index contributed by atoms with van der Waals surface area (Å²) >= 11 is 1.38. The molecule has 0 saturated heterocycles. The summed E-state index contributed by atoms with van der Waals surface area (Å²) in [4.78, 5) is 38.0. The summed E-state index contributed by atoms with van der Waals surface area (Å²) in [5, 5.41) is 5.58. The molecule has 0 bridgehead atoms. The zero-order chi connectivity index (χ0) is 20.7. The molecule has 2 N–H and O–H groups in total. The first-order valence-corrected chi connectivity index (χ1v) is 9.85. The lowest BCUT2D eigenvalue weighted by Crippen LogP contribution is -2.36. The number of hydrogen-bond donors (Lipinski definition) is 2. The van der Waals surface area contributed by atoms with Crippen molar-refractivity contribution in [2.45, 2.75) is 25.7 Å². The molecule has 0 heterocycles. The Morgan fingerprint density at radius 2 is 1.57 bits per heavy atom. The summed E-state index contributed by atoms with van der Waals surface area (Å²) in [6, 6.07) is 13.1. The number of anilines is 2. The fraction of sp³-hybridized carbons (Fsp3) is 0.286. The van der Waals surface area contributed by atoms with Gasteiger partial charge in [0, 0.05) is 30.2 Å². The maximum Gasteiger partial charge on any atom is 0.243 e. The first kappa shape index (κ1) is 21.5. The number of aryl methyl sites for hydroxylation is 2. The molecule has 2 aromatic carbocycles. The van der Waals surface area contributed by atoms with Gasteiger partial charge in [0.15, 0.2) is 0 Å². The molecule has 0 aliphatic carbocycles. The normalized spacial score (nSPS) is 10.3. The van der Waals surface area contributed by atoms with Crippen LogP contribution in [0.25, 0.3) is 0 Å². The van der Waals surface area contributed by atoms with Crippen molar-refractivity contribution >= 4 is 40.9 Å². The van der Waals surface area contributed by atoms with E-state index in [0.717, 1.165) is 21.7 Å². The Morgan fingerprint density at radius 1 is 0.964 bits per heavy atom. The Hall–Kier alpha value is -2.80. The van der Waals surface area contributed by atoms with Gasteiger partial charge in [-0.1, -0.05) is 18.2 Å². The molecule has 148 valence electrons. The highest BCUT2D eigenvalue weighted by atomic mass is 32.2. The van der Waals surface area contributed by atoms with Crippen LogP contribution in [-0.4, -0.2) is 42.0 Å². The van der Waals surface area contributed by atoms with Crippen LogP contribution >= 0.6 is 11.8 Å². The Morgan fingerprint density at radius 3 is 2.14 bits per heavy atom. The SMILES string of the molecule is CC(=O)Nc1ccc(SCC(=O)N(C)CC(=O)Nc2c(C)cccc2C)cc1. The number of hydrogen-bond acceptors (Lipinski definition) is 4. The van der Waals surface area contributed by atoms with Crippen molar-refractivity contribution in [2.75, 3.05) is 30.0 Å². The lowest BCUT2D eigenvalue weighted by Gasteiger charge is -2.18. The molecule has 28 heavy (non-hydrogen) atoms. The number of amides is 3. The van der Waals surface area contributed by atoms with Crippen LogP contribution in [0.4, 0.5) is 11.4 Å². The van der Waals surface area contributed by atoms with E-state index in [1.54, 1.807) is 19.2 Å². The van der Waals surface area contributed by atoms with Crippen LogP contribution in [0.3, 0.4) is 0 Å². The second kappa shape index (κ2) is 9.94. The van der Waals surface area contributed by atoms with Gasteiger partial charge in [-0.15, -0.1) is 11.8 Å². The van der Waals surface area contributed by atoms with Crippen molar-refractivity contribution in [2.24, 2.45) is 0 Å². The Balaban J connectivity index is 1.83. The van der Waals surface area contributed by atoms with Gasteiger partial charge in [0.25, 0.3) is 0 Å². The van der Waals surface area contributed by atoms with Crippen LogP contribution in [0.1, 0.15) is 18.1 Å². The van der Waals surface area contributed by atoms with E-state index in [0.29, 0.717) is 5.69 Å². The fourth-order valence-electron chi connectivity index (χ4n) is 2.59. The summed E-state index contributed by atoms with van der Waals surface area (Å²) in [5.74, 6) is -0.256. The second-order valence-corrected chi connectivity index (χ2v) is 7.61. The smallest absolute Gasteiger partial charge is 0.243 e. The van der Waals surface area contributed by atoms with Crippen molar-refractivity contribution in [3.05, 3.63) is 53.6 Å². The molecule has 0 spiro atoms. The monoisotopic (exact) mass is 399 g/mol. The zero-order valence-corrected chi connectivity index (χ0v) is 17.4. The Bertz CT molecular complexity index is 845. The molecule has 0 aromatic heterocycles. The Kier molecular flexibility index (Phi) is 7.63. The average molecular weight is 400 g/mol. The third-order valence-corrected chi connectivity index (χ3v) is 5.09. The van der Waals surface area contributed by atoms with Crippen LogP contribution in [0, 0.1) is 13.8 Å². The van der Waals surface area contributed by atoms with E-state index in [1.807, 2.05) is 44.2 Å². The predicted molar refractivity (Wildman–Crippen MR) is 114 cm³/mol. The lowest BCUT2D eigenvalue weighted by atomic mass is 10.1. The van der Waals surface area contributed by atoms with E-state index in [1.165, 1.54) is 23.6 Å². The van der Waals surface area contributed by atoms with Crippen LogP contribution in [0.15, 0.2) is 47.4 Å². The number of nitrogens with zero attached hydrogens (tertiary/aromatic N) is 1. The van der Waals surface area contributed by atoms with Gasteiger partial charge in [0.1, 0.15) is 0 Å². The molecule has 2 aromatic rings. The zero-order valence-electron chi connectivity index (χ0n) is 16.5. The summed E-state index contributed by atoms with van der Waals surface area (Å²) < 4.78 is 0. The molecular weight excluding hydrogens is 374 g/mol. The van der Waals surface area contributed by atoms with E-state index in [9.17, 15) is 14.4 Å². The molecule has 3 amide bonds. The summed E-state index contributed by atoms with van der Waals surface area (Å²) in [6.45, 7) is 5.32. The maximum atomic E-state index is 12.3. The van der Waals surface area contributed by atoms with Crippen LogP contribution in [0.2, 0.25) is 0 Å². The number of nitrogens with one attached hydrogen (secondary N) is 2. The summed E-state index contributed by atoms with van der Waals surface area (Å²) in [6.07, 6.45) is 0. The van der Waals surface area contributed by atoms with Gasteiger partial charge in [-0.2, -0.15) is 0 Å². The highest BCUT2D eigenvalue weighted by molar-refractivity contribution is 8.00. The average Bonchev–Trinajstić information content (AvgIpc) is 2.63. The van der Waals surface area contributed by atoms with Crippen LogP contribution < -0.4 is 10.6 Å². The first-order chi connectivity index (χ1) is 13.3. The van der Waals surface area contributed by atoms with Gasteiger partial charge in [-0.3, -0.25) is 14.4 Å². The van der Waals surface area contributed by atoms with Crippen LogP contribution in [-0.2, 0) is 14.4 Å². The minimum atomic E-state index is -0.224. The van der Waals surface area contributed by atoms with Gasteiger partial charge < -0.3 is 15.5 Å². The third kappa shape index (κ3) is 6.42. The van der Waals surface area contributed by atoms with Crippen molar-refractivity contribution in [3.63, 3.8) is 0 Å². The van der Waals surface area contributed by atoms with Crippen molar-refractivity contribution in [3.8, 4) is 0 Å². The number of carbonyl (C=O) groups is 3. The quantitative estimate of drug-likeness (QED) is 0.699. The predicted octanol–water partition coefficient (Wildman–Crippen LogP) is 3.45. The topological polar surface area (TPSA) is 78.5 Å². The number of thioether (sulfide) groups is 1. The third-order valence-electron chi connectivity index (χ3n) is 4.09. The highest BCUT2D eigenvalue weighted by Crippen LogP contribution is 2.21. The number of rotatable bonds is 7. The van der Waals surface area contributed by atoms with E-state index in [-0.39, 0.29) is 30.0 Å². The molecule has 0 atom stereocenters. The van der Waals surface area contributed by atoms with E-state index in [4.69, 9.17) is 0 Å². The van der Waals surface area contributed by atoms with E-state index < -0.39 is 0 Å². The maximum absolute atomic E-state index is 12.3. The Labute approximate surface area is 169 Å². The number of likely N-dealkylation sites (N-methyl/N-ethyl adjacent to an activating group) is 1. The molecule has 0 radical (unpaired) electrons. The van der Waals surface area contributed by atoms with Gasteiger partial charge >= 0.3 is 0 Å². The minimum Gasteiger partial charge on any atom is -0.336 e. The largest absolute Gasteiger partial charge is 0.336 e. The molecule has 7 heteroatoms. The minimum absolute atomic E-state index is 0.00532. The van der Waals surface area contributed by atoms with Gasteiger partial charge in [-0.25, -0.2) is 0 Å².